The van der Waals surface area contributed by atoms with Crippen LogP contribution < -0.4 is 0 Å². The van der Waals surface area contributed by atoms with Gasteiger partial charge in [0.2, 0.25) is 0 Å². The van der Waals surface area contributed by atoms with E-state index >= 15 is 0 Å². The van der Waals surface area contributed by atoms with E-state index in [1.54, 1.807) is 0 Å². The van der Waals surface area contributed by atoms with Crippen LogP contribution in [0, 0.1) is 0 Å². The Labute approximate surface area is 79.2 Å². The van der Waals surface area contributed by atoms with Crippen LogP contribution in [0.3, 0.4) is 0 Å². The number of unbranched alkanes of at least 4 members (excludes halogenated alkanes) is 1. The van der Waals surface area contributed by atoms with Gasteiger partial charge in [0.15, 0.2) is 0 Å². The van der Waals surface area contributed by atoms with Crippen molar-refractivity contribution in [2.75, 3.05) is 12.3 Å². The van der Waals surface area contributed by atoms with Crippen LogP contribution >= 0.6 is 7.92 Å². The van der Waals surface area contributed by atoms with E-state index in [4.69, 9.17) is 0 Å². The zero-order valence-corrected chi connectivity index (χ0v) is 9.74. The number of rotatable bonds is 7. The molecule has 0 N–H and O–H groups in total. The Morgan fingerprint density at radius 3 is 1.92 bits per heavy atom. The average Bonchev–Trinajstić information content (AvgIpc) is 2.06. The molecule has 0 fully saturated rings. The molecule has 0 amide bonds. The molecule has 0 radical (unpaired) electrons. The molecule has 1 heteroatoms. The largest absolute Gasteiger partial charge is 0.0841 e. The third-order valence-corrected chi connectivity index (χ3v) is 4.47. The van der Waals surface area contributed by atoms with Crippen LogP contribution in [0.4, 0.5) is 0 Å². The fourth-order valence-corrected chi connectivity index (χ4v) is 3.34. The highest BCUT2D eigenvalue weighted by atomic mass is 31.1. The molecule has 0 aliphatic rings. The summed E-state index contributed by atoms with van der Waals surface area (Å²) in [6, 6.07) is 0. The molecule has 0 aliphatic carbocycles. The molecule has 0 aromatic rings. The predicted octanol–water partition coefficient (Wildman–Crippen LogP) is 4.60. The van der Waals surface area contributed by atoms with E-state index in [1.807, 2.05) is 0 Å². The first-order valence-electron chi connectivity index (χ1n) is 5.25. The Morgan fingerprint density at radius 1 is 0.917 bits per heavy atom. The van der Waals surface area contributed by atoms with E-state index in [0.717, 1.165) is 0 Å². The highest BCUT2D eigenvalue weighted by Gasteiger charge is 1.99. The van der Waals surface area contributed by atoms with Gasteiger partial charge in [-0.15, -0.1) is 0 Å². The Bertz CT molecular complexity index is 102. The molecule has 0 rings (SSSR count). The van der Waals surface area contributed by atoms with Crippen molar-refractivity contribution >= 4 is 7.92 Å². The number of allylic oxidation sites excluding steroid dienone is 1. The van der Waals surface area contributed by atoms with Gasteiger partial charge in [-0.25, -0.2) is 0 Å². The van der Waals surface area contributed by atoms with Crippen molar-refractivity contribution in [1.29, 1.82) is 0 Å². The number of hydrogen-bond acceptors (Lipinski definition) is 0. The van der Waals surface area contributed by atoms with Crippen molar-refractivity contribution in [2.45, 2.75) is 46.5 Å². The molecule has 0 bridgehead atoms. The second-order valence-corrected chi connectivity index (χ2v) is 5.58. The molecule has 72 valence electrons. The summed E-state index contributed by atoms with van der Waals surface area (Å²) in [7, 11) is 0.247. The highest BCUT2D eigenvalue weighted by molar-refractivity contribution is 7.60. The maximum Gasteiger partial charge on any atom is -0.0294 e. The van der Waals surface area contributed by atoms with Crippen molar-refractivity contribution in [1.82, 2.24) is 0 Å². The van der Waals surface area contributed by atoms with Gasteiger partial charge in [-0.05, 0) is 18.7 Å². The highest BCUT2D eigenvalue weighted by Crippen LogP contribution is 2.38. The standard InChI is InChI=1S/C11H23P/c1-4-7-8-11-12(9-5-2)10-6-3/h8,11H,4-7,9-10H2,1-3H3. The number of hydrogen-bond donors (Lipinski definition) is 0. The lowest BCUT2D eigenvalue weighted by Gasteiger charge is -2.09. The molecule has 0 aliphatic heterocycles. The van der Waals surface area contributed by atoms with Crippen LogP contribution in [0.2, 0.25) is 0 Å². The molecular weight excluding hydrogens is 163 g/mol. The van der Waals surface area contributed by atoms with Crippen LogP contribution in [-0.4, -0.2) is 12.3 Å². The summed E-state index contributed by atoms with van der Waals surface area (Å²) in [5.41, 5.74) is 0. The van der Waals surface area contributed by atoms with E-state index in [2.05, 4.69) is 32.7 Å². The molecule has 12 heavy (non-hydrogen) atoms. The zero-order valence-electron chi connectivity index (χ0n) is 8.84. The van der Waals surface area contributed by atoms with Crippen LogP contribution in [0.15, 0.2) is 11.9 Å². The van der Waals surface area contributed by atoms with Gasteiger partial charge in [-0.3, -0.25) is 0 Å². The maximum absolute atomic E-state index is 2.49. The minimum absolute atomic E-state index is 0.247. The third-order valence-electron chi connectivity index (χ3n) is 1.79. The third kappa shape index (κ3) is 6.85. The minimum Gasteiger partial charge on any atom is -0.0841 e. The molecule has 0 atom stereocenters. The van der Waals surface area contributed by atoms with E-state index in [1.165, 1.54) is 38.0 Å². The van der Waals surface area contributed by atoms with Crippen molar-refractivity contribution in [2.24, 2.45) is 0 Å². The first-order chi connectivity index (χ1) is 5.85. The Balaban J connectivity index is 3.60. The zero-order chi connectivity index (χ0) is 9.23. The smallest absolute Gasteiger partial charge is 0.0294 e. The van der Waals surface area contributed by atoms with E-state index in [-0.39, 0.29) is 7.92 Å². The van der Waals surface area contributed by atoms with E-state index in [9.17, 15) is 0 Å². The second kappa shape index (κ2) is 9.26. The van der Waals surface area contributed by atoms with Crippen LogP contribution in [-0.2, 0) is 0 Å². The molecule has 0 unspecified atom stereocenters. The summed E-state index contributed by atoms with van der Waals surface area (Å²) < 4.78 is 0. The minimum atomic E-state index is 0.247. The second-order valence-electron chi connectivity index (χ2n) is 3.21. The molecule has 0 nitrogen and oxygen atoms in total. The monoisotopic (exact) mass is 186 g/mol. The molecule has 0 saturated carbocycles. The molecule has 0 saturated heterocycles. The first kappa shape index (κ1) is 12.2. The molecule has 0 aromatic heterocycles. The van der Waals surface area contributed by atoms with Crippen LogP contribution in [0.25, 0.3) is 0 Å². The van der Waals surface area contributed by atoms with Gasteiger partial charge >= 0.3 is 0 Å². The summed E-state index contributed by atoms with van der Waals surface area (Å²) in [5.74, 6) is 2.49. The Morgan fingerprint density at radius 2 is 1.50 bits per heavy atom. The SMILES string of the molecule is CCCC=CP(CCC)CCC. The van der Waals surface area contributed by atoms with E-state index < -0.39 is 0 Å². The average molecular weight is 186 g/mol. The maximum atomic E-state index is 2.49. The van der Waals surface area contributed by atoms with Crippen molar-refractivity contribution in [3.63, 3.8) is 0 Å². The van der Waals surface area contributed by atoms with Gasteiger partial charge in [-0.2, -0.15) is 0 Å². The lowest BCUT2D eigenvalue weighted by molar-refractivity contribution is 0.959. The summed E-state index contributed by atoms with van der Waals surface area (Å²) >= 11 is 0. The van der Waals surface area contributed by atoms with Crippen LogP contribution in [0.1, 0.15) is 46.5 Å². The van der Waals surface area contributed by atoms with Gasteiger partial charge in [0.05, 0.1) is 0 Å². The quantitative estimate of drug-likeness (QED) is 0.510. The van der Waals surface area contributed by atoms with Crippen molar-refractivity contribution in [3.05, 3.63) is 11.9 Å². The Hall–Kier alpha value is 0.170. The van der Waals surface area contributed by atoms with Gasteiger partial charge in [0.25, 0.3) is 0 Å². The molecule has 0 heterocycles. The fraction of sp³-hybridized carbons (Fsp3) is 0.818. The van der Waals surface area contributed by atoms with Gasteiger partial charge in [0, 0.05) is 0 Å². The Kier molecular flexibility index (Phi) is 9.39. The van der Waals surface area contributed by atoms with E-state index in [0.29, 0.717) is 0 Å². The van der Waals surface area contributed by atoms with Crippen LogP contribution in [0.5, 0.6) is 0 Å². The van der Waals surface area contributed by atoms with Gasteiger partial charge in [0.1, 0.15) is 0 Å². The summed E-state index contributed by atoms with van der Waals surface area (Å²) in [6.45, 7) is 6.82. The molecule has 0 aromatic carbocycles. The van der Waals surface area contributed by atoms with Gasteiger partial charge in [-0.1, -0.05) is 59.8 Å². The molecule has 0 spiro atoms. The normalized spacial score (nSPS) is 11.7. The summed E-state index contributed by atoms with van der Waals surface area (Å²) in [5, 5.41) is 0. The van der Waals surface area contributed by atoms with Crippen molar-refractivity contribution < 1.29 is 0 Å². The topological polar surface area (TPSA) is 0 Å². The van der Waals surface area contributed by atoms with Gasteiger partial charge < -0.3 is 0 Å². The lowest BCUT2D eigenvalue weighted by Crippen LogP contribution is -1.84. The fourth-order valence-electron chi connectivity index (χ4n) is 1.23. The summed E-state index contributed by atoms with van der Waals surface area (Å²) in [6.07, 6.45) is 10.5. The first-order valence-corrected chi connectivity index (χ1v) is 7.03. The lowest BCUT2D eigenvalue weighted by atomic mass is 10.3. The summed E-state index contributed by atoms with van der Waals surface area (Å²) in [4.78, 5) is 0. The predicted molar refractivity (Wildman–Crippen MR) is 61.3 cm³/mol. The van der Waals surface area contributed by atoms with Crippen molar-refractivity contribution in [3.8, 4) is 0 Å². The molecular formula is C11H23P.